The highest BCUT2D eigenvalue weighted by Crippen LogP contribution is 2.23. The van der Waals surface area contributed by atoms with E-state index in [-0.39, 0.29) is 11.9 Å². The van der Waals surface area contributed by atoms with Crippen LogP contribution < -0.4 is 10.6 Å². The highest BCUT2D eigenvalue weighted by Gasteiger charge is 2.07. The van der Waals surface area contributed by atoms with Crippen LogP contribution in [0.1, 0.15) is 26.7 Å². The maximum absolute atomic E-state index is 11.6. The Hall–Kier alpha value is -1.69. The van der Waals surface area contributed by atoms with Gasteiger partial charge >= 0.3 is 0 Å². The first-order valence-corrected chi connectivity index (χ1v) is 7.30. The van der Waals surface area contributed by atoms with E-state index in [1.54, 1.807) is 17.7 Å². The Morgan fingerprint density at radius 1 is 1.47 bits per heavy atom. The van der Waals surface area contributed by atoms with Crippen molar-refractivity contribution in [2.45, 2.75) is 32.7 Å². The molecule has 2 N–H and O–H groups in total. The highest BCUT2D eigenvalue weighted by atomic mass is 32.1. The maximum atomic E-state index is 11.6. The Kier molecular flexibility index (Phi) is 4.68. The molecule has 0 bridgehead atoms. The van der Waals surface area contributed by atoms with Crippen LogP contribution in [0.15, 0.2) is 17.8 Å². The SMILES string of the molecule is CCC(C)NC(=O)CCNc1ncnc2sccc12. The molecule has 2 heterocycles. The van der Waals surface area contributed by atoms with Crippen LogP contribution in [0.25, 0.3) is 10.2 Å². The minimum absolute atomic E-state index is 0.0671. The predicted molar refractivity (Wildman–Crippen MR) is 78.4 cm³/mol. The minimum atomic E-state index is 0.0671. The Morgan fingerprint density at radius 3 is 3.11 bits per heavy atom. The number of fused-ring (bicyclic) bond motifs is 1. The largest absolute Gasteiger partial charge is 0.369 e. The van der Waals surface area contributed by atoms with Gasteiger partial charge in [-0.1, -0.05) is 6.92 Å². The van der Waals surface area contributed by atoms with Crippen LogP contribution in [0, 0.1) is 0 Å². The molecule has 0 aliphatic rings. The topological polar surface area (TPSA) is 66.9 Å². The van der Waals surface area contributed by atoms with E-state index in [2.05, 4.69) is 27.5 Å². The monoisotopic (exact) mass is 278 g/mol. The zero-order valence-corrected chi connectivity index (χ0v) is 12.0. The molecule has 0 aromatic carbocycles. The summed E-state index contributed by atoms with van der Waals surface area (Å²) >= 11 is 1.58. The number of anilines is 1. The van der Waals surface area contributed by atoms with Gasteiger partial charge in [0, 0.05) is 19.0 Å². The number of thiophene rings is 1. The fraction of sp³-hybridized carbons (Fsp3) is 0.462. The standard InChI is InChI=1S/C13H18N4OS/c1-3-9(2)17-11(18)4-6-14-12-10-5-7-19-13(10)16-8-15-12/h5,7-9H,3-4,6H2,1-2H3,(H,17,18)(H,14,15,16). The summed E-state index contributed by atoms with van der Waals surface area (Å²) in [6.07, 6.45) is 2.93. The molecule has 19 heavy (non-hydrogen) atoms. The van der Waals surface area contributed by atoms with E-state index in [1.165, 1.54) is 0 Å². The zero-order chi connectivity index (χ0) is 13.7. The quantitative estimate of drug-likeness (QED) is 0.851. The molecule has 2 aromatic rings. The van der Waals surface area contributed by atoms with E-state index in [9.17, 15) is 4.79 Å². The number of aromatic nitrogens is 2. The van der Waals surface area contributed by atoms with Crippen LogP contribution >= 0.6 is 11.3 Å². The molecule has 0 spiro atoms. The second-order valence-electron chi connectivity index (χ2n) is 4.42. The Balaban J connectivity index is 1.86. The van der Waals surface area contributed by atoms with Crippen molar-refractivity contribution in [2.24, 2.45) is 0 Å². The Morgan fingerprint density at radius 2 is 2.32 bits per heavy atom. The predicted octanol–water partition coefficient (Wildman–Crippen LogP) is 2.41. The van der Waals surface area contributed by atoms with Crippen molar-refractivity contribution in [3.63, 3.8) is 0 Å². The number of hydrogen-bond acceptors (Lipinski definition) is 5. The molecular formula is C13H18N4OS. The van der Waals surface area contributed by atoms with Crippen molar-refractivity contribution >= 4 is 33.3 Å². The summed E-state index contributed by atoms with van der Waals surface area (Å²) < 4.78 is 0. The highest BCUT2D eigenvalue weighted by molar-refractivity contribution is 7.16. The lowest BCUT2D eigenvalue weighted by molar-refractivity contribution is -0.121. The number of hydrogen-bond donors (Lipinski definition) is 2. The van der Waals surface area contributed by atoms with Gasteiger partial charge in [-0.3, -0.25) is 4.79 Å². The van der Waals surface area contributed by atoms with Crippen LogP contribution in [0.3, 0.4) is 0 Å². The molecule has 0 radical (unpaired) electrons. The second-order valence-corrected chi connectivity index (χ2v) is 5.31. The fourth-order valence-electron chi connectivity index (χ4n) is 1.67. The third-order valence-corrected chi connectivity index (χ3v) is 3.75. The van der Waals surface area contributed by atoms with E-state index in [4.69, 9.17) is 0 Å². The van der Waals surface area contributed by atoms with Gasteiger partial charge in [0.25, 0.3) is 0 Å². The normalized spacial score (nSPS) is 12.3. The fourth-order valence-corrected chi connectivity index (χ4v) is 2.41. The Bertz CT molecular complexity index is 554. The van der Waals surface area contributed by atoms with E-state index in [0.29, 0.717) is 13.0 Å². The number of nitrogens with one attached hydrogen (secondary N) is 2. The van der Waals surface area contributed by atoms with Crippen molar-refractivity contribution in [1.29, 1.82) is 0 Å². The lowest BCUT2D eigenvalue weighted by Crippen LogP contribution is -2.33. The van der Waals surface area contributed by atoms with E-state index in [1.807, 2.05) is 18.4 Å². The first kappa shape index (κ1) is 13.7. The van der Waals surface area contributed by atoms with Gasteiger partial charge in [-0.15, -0.1) is 11.3 Å². The molecule has 5 nitrogen and oxygen atoms in total. The summed E-state index contributed by atoms with van der Waals surface area (Å²) in [4.78, 5) is 21.0. The third-order valence-electron chi connectivity index (χ3n) is 2.93. The number of carbonyl (C=O) groups is 1. The van der Waals surface area contributed by atoms with Crippen molar-refractivity contribution in [3.05, 3.63) is 17.8 Å². The van der Waals surface area contributed by atoms with Crippen LogP contribution in [0.5, 0.6) is 0 Å². The van der Waals surface area contributed by atoms with Gasteiger partial charge in [-0.05, 0) is 24.8 Å². The molecule has 0 aliphatic carbocycles. The van der Waals surface area contributed by atoms with Gasteiger partial charge in [-0.2, -0.15) is 0 Å². The number of amides is 1. The molecule has 2 aromatic heterocycles. The van der Waals surface area contributed by atoms with Crippen LogP contribution in [-0.4, -0.2) is 28.5 Å². The summed E-state index contributed by atoms with van der Waals surface area (Å²) in [6, 6.07) is 2.22. The zero-order valence-electron chi connectivity index (χ0n) is 11.1. The lowest BCUT2D eigenvalue weighted by atomic mass is 10.2. The van der Waals surface area contributed by atoms with E-state index >= 15 is 0 Å². The summed E-state index contributed by atoms with van der Waals surface area (Å²) in [7, 11) is 0. The molecule has 0 aliphatic heterocycles. The van der Waals surface area contributed by atoms with Crippen molar-refractivity contribution in [2.75, 3.05) is 11.9 Å². The molecule has 6 heteroatoms. The van der Waals surface area contributed by atoms with Gasteiger partial charge in [0.15, 0.2) is 0 Å². The van der Waals surface area contributed by atoms with Crippen molar-refractivity contribution in [3.8, 4) is 0 Å². The average molecular weight is 278 g/mol. The van der Waals surface area contributed by atoms with Crippen LogP contribution in [-0.2, 0) is 4.79 Å². The molecule has 102 valence electrons. The summed E-state index contributed by atoms with van der Waals surface area (Å²) in [5.74, 6) is 0.861. The van der Waals surface area contributed by atoms with Gasteiger partial charge in [0.05, 0.1) is 5.39 Å². The van der Waals surface area contributed by atoms with Gasteiger partial charge in [0.1, 0.15) is 17.0 Å². The lowest BCUT2D eigenvalue weighted by Gasteiger charge is -2.11. The first-order chi connectivity index (χ1) is 9.20. The second kappa shape index (κ2) is 6.47. The summed E-state index contributed by atoms with van der Waals surface area (Å²) in [6.45, 7) is 4.63. The molecule has 2 rings (SSSR count). The summed E-state index contributed by atoms with van der Waals surface area (Å²) in [5, 5.41) is 9.12. The first-order valence-electron chi connectivity index (χ1n) is 6.42. The minimum Gasteiger partial charge on any atom is -0.369 e. The van der Waals surface area contributed by atoms with Crippen molar-refractivity contribution < 1.29 is 4.79 Å². The number of rotatable bonds is 6. The molecular weight excluding hydrogens is 260 g/mol. The molecule has 0 saturated carbocycles. The smallest absolute Gasteiger partial charge is 0.221 e. The molecule has 1 amide bonds. The van der Waals surface area contributed by atoms with E-state index in [0.717, 1.165) is 22.5 Å². The van der Waals surface area contributed by atoms with Gasteiger partial charge < -0.3 is 10.6 Å². The molecule has 0 fully saturated rings. The molecule has 1 atom stereocenters. The average Bonchev–Trinajstić information content (AvgIpc) is 2.87. The van der Waals surface area contributed by atoms with E-state index < -0.39 is 0 Å². The third kappa shape index (κ3) is 3.64. The van der Waals surface area contributed by atoms with Crippen LogP contribution in [0.4, 0.5) is 5.82 Å². The van der Waals surface area contributed by atoms with Gasteiger partial charge in [0.2, 0.25) is 5.91 Å². The molecule has 0 saturated heterocycles. The molecule has 1 unspecified atom stereocenters. The Labute approximate surface area is 116 Å². The van der Waals surface area contributed by atoms with Crippen LogP contribution in [0.2, 0.25) is 0 Å². The number of nitrogens with zero attached hydrogens (tertiary/aromatic N) is 2. The van der Waals surface area contributed by atoms with Crippen molar-refractivity contribution in [1.82, 2.24) is 15.3 Å². The summed E-state index contributed by atoms with van der Waals surface area (Å²) in [5.41, 5.74) is 0. The van der Waals surface area contributed by atoms with Gasteiger partial charge in [-0.25, -0.2) is 9.97 Å². The number of carbonyl (C=O) groups excluding carboxylic acids is 1. The maximum Gasteiger partial charge on any atom is 0.221 e.